The maximum Gasteiger partial charge on any atom is 0.507 e. The van der Waals surface area contributed by atoms with Gasteiger partial charge in [0.25, 0.3) is 10.1 Å². The summed E-state index contributed by atoms with van der Waals surface area (Å²) in [5.41, 5.74) is 4.17. The molecule has 1 aliphatic rings. The Labute approximate surface area is 115 Å². The van der Waals surface area contributed by atoms with Crippen LogP contribution in [0.2, 0.25) is 0 Å². The predicted octanol–water partition coefficient (Wildman–Crippen LogP) is 0.977. The van der Waals surface area contributed by atoms with Crippen molar-refractivity contribution in [1.29, 1.82) is 0 Å². The first-order valence-corrected chi connectivity index (χ1v) is 7.23. The van der Waals surface area contributed by atoms with Gasteiger partial charge in [0.1, 0.15) is 0 Å². The van der Waals surface area contributed by atoms with Gasteiger partial charge in [-0.25, -0.2) is 4.79 Å². The van der Waals surface area contributed by atoms with Crippen LogP contribution in [0.5, 0.6) is 0 Å². The number of aryl methyl sites for hydroxylation is 1. The average molecular weight is 302 g/mol. The molecule has 0 aromatic heterocycles. The number of hydrogen-bond acceptors (Lipinski definition) is 6. The summed E-state index contributed by atoms with van der Waals surface area (Å²) >= 11 is 0. The van der Waals surface area contributed by atoms with E-state index >= 15 is 0 Å². The largest absolute Gasteiger partial charge is 0.507 e. The molecule has 1 fully saturated rings. The van der Waals surface area contributed by atoms with Gasteiger partial charge in [0.05, 0.1) is 10.6 Å². The van der Waals surface area contributed by atoms with Gasteiger partial charge in [-0.2, -0.15) is 13.8 Å². The maximum atomic E-state index is 11.0. The molecular formula is C11H14N2O6S. The maximum absolute atomic E-state index is 11.0. The van der Waals surface area contributed by atoms with Crippen LogP contribution < -0.4 is 10.4 Å². The second-order valence-corrected chi connectivity index (χ2v) is 5.79. The molecule has 0 spiro atoms. The summed E-state index contributed by atoms with van der Waals surface area (Å²) in [7, 11) is -4.23. The first kappa shape index (κ1) is 14.6. The van der Waals surface area contributed by atoms with Gasteiger partial charge in [-0.15, -0.1) is 0 Å². The predicted molar refractivity (Wildman–Crippen MR) is 69.0 cm³/mol. The van der Waals surface area contributed by atoms with Crippen molar-refractivity contribution in [2.45, 2.75) is 24.5 Å². The SMILES string of the molecule is Cc1cc(S(=O)(=O)O)ccc1N1CCC(OC(=O)O)N1. The third kappa shape index (κ3) is 3.18. The highest BCUT2D eigenvalue weighted by Gasteiger charge is 2.26. The topological polar surface area (TPSA) is 116 Å². The molecule has 110 valence electrons. The Hall–Kier alpha value is -1.84. The van der Waals surface area contributed by atoms with Gasteiger partial charge in [0, 0.05) is 13.0 Å². The standard InChI is InChI=1S/C11H14N2O6S/c1-7-6-8(20(16,17)18)2-3-9(7)13-5-4-10(12-13)19-11(14)15/h2-3,6,10,12H,4-5H2,1H3,(H,14,15)(H,16,17,18). The normalized spacial score (nSPS) is 19.1. The minimum Gasteiger partial charge on any atom is -0.450 e. The minimum atomic E-state index is -4.23. The molecule has 2 rings (SSSR count). The number of benzene rings is 1. The van der Waals surface area contributed by atoms with E-state index in [4.69, 9.17) is 9.66 Å². The monoisotopic (exact) mass is 302 g/mol. The van der Waals surface area contributed by atoms with Crippen LogP contribution >= 0.6 is 0 Å². The molecule has 1 unspecified atom stereocenters. The fourth-order valence-corrected chi connectivity index (χ4v) is 2.60. The zero-order valence-corrected chi connectivity index (χ0v) is 11.4. The van der Waals surface area contributed by atoms with E-state index < -0.39 is 22.5 Å². The van der Waals surface area contributed by atoms with Gasteiger partial charge in [0.15, 0.2) is 6.23 Å². The zero-order chi connectivity index (χ0) is 14.9. The second kappa shape index (κ2) is 5.27. The molecule has 1 aromatic rings. The minimum absolute atomic E-state index is 0.184. The average Bonchev–Trinajstić information content (AvgIpc) is 2.75. The molecule has 1 atom stereocenters. The number of carboxylic acid groups (broad SMARTS) is 1. The van der Waals surface area contributed by atoms with Gasteiger partial charge in [-0.1, -0.05) is 0 Å². The van der Waals surface area contributed by atoms with E-state index in [1.165, 1.54) is 18.2 Å². The lowest BCUT2D eigenvalue weighted by Gasteiger charge is -2.21. The van der Waals surface area contributed by atoms with E-state index in [0.717, 1.165) is 0 Å². The number of nitrogens with one attached hydrogen (secondary N) is 1. The van der Waals surface area contributed by atoms with Crippen LogP contribution in [0.4, 0.5) is 10.5 Å². The van der Waals surface area contributed by atoms with Crippen molar-refractivity contribution in [3.63, 3.8) is 0 Å². The molecule has 0 amide bonds. The van der Waals surface area contributed by atoms with Gasteiger partial charge in [0.2, 0.25) is 0 Å². The van der Waals surface area contributed by atoms with Crippen molar-refractivity contribution >= 4 is 22.0 Å². The highest BCUT2D eigenvalue weighted by Crippen LogP contribution is 2.25. The van der Waals surface area contributed by atoms with E-state index in [0.29, 0.717) is 24.2 Å². The van der Waals surface area contributed by atoms with Crippen LogP contribution in [-0.2, 0) is 14.9 Å². The van der Waals surface area contributed by atoms with Crippen LogP contribution in [0.1, 0.15) is 12.0 Å². The van der Waals surface area contributed by atoms with Crippen LogP contribution in [0.25, 0.3) is 0 Å². The molecule has 0 saturated carbocycles. The number of anilines is 1. The summed E-state index contributed by atoms with van der Waals surface area (Å²) in [6.45, 7) is 2.21. The van der Waals surface area contributed by atoms with Crippen LogP contribution in [0.15, 0.2) is 23.1 Å². The summed E-state index contributed by atoms with van der Waals surface area (Å²) in [6, 6.07) is 4.16. The summed E-state index contributed by atoms with van der Waals surface area (Å²) in [5.74, 6) is 0. The number of rotatable bonds is 3. The molecule has 20 heavy (non-hydrogen) atoms. The third-order valence-corrected chi connectivity index (χ3v) is 3.76. The van der Waals surface area contributed by atoms with Gasteiger partial charge >= 0.3 is 6.16 Å². The van der Waals surface area contributed by atoms with Crippen LogP contribution in [0.3, 0.4) is 0 Å². The molecule has 1 heterocycles. The lowest BCUT2D eigenvalue weighted by molar-refractivity contribution is 0.0454. The molecule has 3 N–H and O–H groups in total. The van der Waals surface area contributed by atoms with Crippen molar-refractivity contribution in [2.24, 2.45) is 0 Å². The van der Waals surface area contributed by atoms with E-state index in [2.05, 4.69) is 10.2 Å². The molecule has 1 aliphatic heterocycles. The van der Waals surface area contributed by atoms with Gasteiger partial charge in [-0.3, -0.25) is 4.55 Å². The van der Waals surface area contributed by atoms with E-state index in [9.17, 15) is 13.2 Å². The number of nitrogens with zero attached hydrogens (tertiary/aromatic N) is 1. The summed E-state index contributed by atoms with van der Waals surface area (Å²) in [4.78, 5) is 10.3. The van der Waals surface area contributed by atoms with Crippen molar-refractivity contribution in [3.05, 3.63) is 23.8 Å². The molecule has 1 saturated heterocycles. The fourth-order valence-electron chi connectivity index (χ4n) is 2.04. The smallest absolute Gasteiger partial charge is 0.450 e. The fraction of sp³-hybridized carbons (Fsp3) is 0.364. The molecule has 0 radical (unpaired) electrons. The van der Waals surface area contributed by atoms with Crippen LogP contribution in [0, 0.1) is 6.92 Å². The lowest BCUT2D eigenvalue weighted by atomic mass is 10.2. The number of hydrogen-bond donors (Lipinski definition) is 3. The number of ether oxygens (including phenoxy) is 1. The van der Waals surface area contributed by atoms with Crippen molar-refractivity contribution in [3.8, 4) is 0 Å². The third-order valence-electron chi connectivity index (χ3n) is 2.91. The van der Waals surface area contributed by atoms with E-state index in [1.54, 1.807) is 11.9 Å². The highest BCUT2D eigenvalue weighted by atomic mass is 32.2. The van der Waals surface area contributed by atoms with Crippen LogP contribution in [-0.4, -0.2) is 37.0 Å². The number of hydrazine groups is 1. The Morgan fingerprint density at radius 2 is 2.20 bits per heavy atom. The molecular weight excluding hydrogens is 288 g/mol. The Morgan fingerprint density at radius 3 is 2.75 bits per heavy atom. The molecule has 0 bridgehead atoms. The highest BCUT2D eigenvalue weighted by molar-refractivity contribution is 7.85. The Kier molecular flexibility index (Phi) is 3.84. The first-order valence-electron chi connectivity index (χ1n) is 5.79. The summed E-state index contributed by atoms with van der Waals surface area (Å²) < 4.78 is 35.6. The Bertz CT molecular complexity index is 630. The quantitative estimate of drug-likeness (QED) is 0.559. The van der Waals surface area contributed by atoms with Gasteiger partial charge in [-0.05, 0) is 30.7 Å². The van der Waals surface area contributed by atoms with Crippen molar-refractivity contribution < 1.29 is 27.6 Å². The lowest BCUT2D eigenvalue weighted by Crippen LogP contribution is -2.38. The van der Waals surface area contributed by atoms with E-state index in [-0.39, 0.29) is 4.90 Å². The Balaban J connectivity index is 2.17. The van der Waals surface area contributed by atoms with Crippen molar-refractivity contribution in [2.75, 3.05) is 11.6 Å². The van der Waals surface area contributed by atoms with Crippen molar-refractivity contribution in [1.82, 2.24) is 5.43 Å². The van der Waals surface area contributed by atoms with E-state index in [1.807, 2.05) is 0 Å². The zero-order valence-electron chi connectivity index (χ0n) is 10.6. The number of carbonyl (C=O) groups is 1. The molecule has 9 heteroatoms. The molecule has 0 aliphatic carbocycles. The molecule has 8 nitrogen and oxygen atoms in total. The Morgan fingerprint density at radius 1 is 1.50 bits per heavy atom. The second-order valence-electron chi connectivity index (χ2n) is 4.37. The van der Waals surface area contributed by atoms with Gasteiger partial charge < -0.3 is 14.9 Å². The first-order chi connectivity index (χ1) is 9.27. The summed E-state index contributed by atoms with van der Waals surface area (Å²) in [6.07, 6.45) is -1.51. The summed E-state index contributed by atoms with van der Waals surface area (Å²) in [5, 5.41) is 10.2. The molecule has 1 aromatic carbocycles.